The summed E-state index contributed by atoms with van der Waals surface area (Å²) in [6.07, 6.45) is -3.31. The molecule has 1 amide bonds. The molecule has 1 aliphatic carbocycles. The van der Waals surface area contributed by atoms with Crippen LogP contribution in [-0.2, 0) is 28.8 Å². The number of nitrogens with zero attached hydrogens (tertiary/aromatic N) is 3. The fraction of sp³-hybridized carbons (Fsp3) is 0.400. The molecule has 0 spiro atoms. The third-order valence-electron chi connectivity index (χ3n) is 6.52. The van der Waals surface area contributed by atoms with Crippen LogP contribution >= 0.6 is 0 Å². The molecule has 3 heterocycles. The highest BCUT2D eigenvalue weighted by atomic mass is 19.4. The minimum absolute atomic E-state index is 0.0709. The molecule has 0 bridgehead atoms. The summed E-state index contributed by atoms with van der Waals surface area (Å²) in [4.78, 5) is 23.7. The van der Waals surface area contributed by atoms with Gasteiger partial charge in [-0.2, -0.15) is 13.2 Å². The Labute approximate surface area is 200 Å². The van der Waals surface area contributed by atoms with Gasteiger partial charge in [0.2, 0.25) is 0 Å². The van der Waals surface area contributed by atoms with Gasteiger partial charge in [-0.15, -0.1) is 0 Å². The number of hydrogen-bond donors (Lipinski definition) is 1. The molecule has 2 N–H and O–H groups in total. The number of rotatable bonds is 6. The minimum Gasteiger partial charge on any atom is -0.383 e. The third kappa shape index (κ3) is 4.43. The molecule has 5 rings (SSSR count). The molecular weight excluding hydrogens is 461 g/mol. The second kappa shape index (κ2) is 8.76. The predicted octanol–water partition coefficient (Wildman–Crippen LogP) is 4.64. The standard InChI is InChI=1S/C25H25F3N4O3/c1-3-34-21-9-20(21)32(11-16-6-5-15(10-30-16)25(26,27)28)24(33)14-4-7-19-17(8-14)18-12-35-13(2)22(18)23(29)31-19/h4-8,10,13,20-21H,3,9,11-12H2,1-2H3,(H2,29,31)/t13-,20-,21+/m0/s1. The van der Waals surface area contributed by atoms with E-state index in [9.17, 15) is 18.0 Å². The maximum atomic E-state index is 13.7. The van der Waals surface area contributed by atoms with Crippen molar-refractivity contribution in [1.82, 2.24) is 14.9 Å². The fourth-order valence-corrected chi connectivity index (χ4v) is 4.65. The summed E-state index contributed by atoms with van der Waals surface area (Å²) in [5.74, 6) is 0.169. The largest absolute Gasteiger partial charge is 0.417 e. The number of benzene rings is 1. The Balaban J connectivity index is 1.47. The maximum absolute atomic E-state index is 13.7. The number of pyridine rings is 2. The molecule has 3 aromatic rings. The lowest BCUT2D eigenvalue weighted by Gasteiger charge is -2.23. The maximum Gasteiger partial charge on any atom is 0.417 e. The summed E-state index contributed by atoms with van der Waals surface area (Å²) >= 11 is 0. The molecular formula is C25H25F3N4O3. The fourth-order valence-electron chi connectivity index (χ4n) is 4.65. The Morgan fingerprint density at radius 1 is 1.29 bits per heavy atom. The average Bonchev–Trinajstić information content (AvgIpc) is 3.47. The molecule has 2 aromatic heterocycles. The van der Waals surface area contributed by atoms with Gasteiger partial charge in [-0.1, -0.05) is 0 Å². The molecule has 1 aliphatic heterocycles. The molecule has 0 unspecified atom stereocenters. The van der Waals surface area contributed by atoms with E-state index < -0.39 is 11.7 Å². The van der Waals surface area contributed by atoms with E-state index in [2.05, 4.69) is 9.97 Å². The number of nitrogen functional groups attached to an aromatic ring is 1. The third-order valence-corrected chi connectivity index (χ3v) is 6.52. The van der Waals surface area contributed by atoms with Crippen LogP contribution in [0.1, 0.15) is 59.1 Å². The molecule has 184 valence electrons. The number of ether oxygens (including phenoxy) is 2. The van der Waals surface area contributed by atoms with Gasteiger partial charge in [0.1, 0.15) is 5.82 Å². The molecule has 3 atom stereocenters. The normalized spacial score (nSPS) is 21.2. The van der Waals surface area contributed by atoms with Gasteiger partial charge in [0.15, 0.2) is 0 Å². The van der Waals surface area contributed by atoms with E-state index in [0.717, 1.165) is 28.8 Å². The van der Waals surface area contributed by atoms with E-state index in [0.29, 0.717) is 42.2 Å². The summed E-state index contributed by atoms with van der Waals surface area (Å²) < 4.78 is 50.2. The Morgan fingerprint density at radius 3 is 2.77 bits per heavy atom. The summed E-state index contributed by atoms with van der Waals surface area (Å²) in [7, 11) is 0. The van der Waals surface area contributed by atoms with Crippen LogP contribution in [0.4, 0.5) is 19.0 Å². The number of alkyl halides is 3. The summed E-state index contributed by atoms with van der Waals surface area (Å²) in [5, 5.41) is 0.800. The monoisotopic (exact) mass is 486 g/mol. The number of nitrogens with two attached hydrogens (primary N) is 1. The van der Waals surface area contributed by atoms with Crippen molar-refractivity contribution in [3.8, 4) is 0 Å². The van der Waals surface area contributed by atoms with Gasteiger partial charge in [0, 0.05) is 29.3 Å². The number of halogens is 3. The Hall–Kier alpha value is -3.24. The molecule has 35 heavy (non-hydrogen) atoms. The smallest absolute Gasteiger partial charge is 0.383 e. The molecule has 1 fully saturated rings. The highest BCUT2D eigenvalue weighted by Gasteiger charge is 2.45. The van der Waals surface area contributed by atoms with Crippen LogP contribution < -0.4 is 5.73 Å². The highest BCUT2D eigenvalue weighted by Crippen LogP contribution is 2.39. The zero-order valence-electron chi connectivity index (χ0n) is 19.3. The summed E-state index contributed by atoms with van der Waals surface area (Å²) in [6, 6.07) is 7.34. The number of hydrogen-bond acceptors (Lipinski definition) is 6. The van der Waals surface area contributed by atoms with Crippen molar-refractivity contribution in [2.24, 2.45) is 0 Å². The predicted molar refractivity (Wildman–Crippen MR) is 122 cm³/mol. The first-order chi connectivity index (χ1) is 16.7. The zero-order chi connectivity index (χ0) is 24.9. The van der Waals surface area contributed by atoms with Gasteiger partial charge in [-0.3, -0.25) is 9.78 Å². The summed E-state index contributed by atoms with van der Waals surface area (Å²) in [5.41, 5.74) is 8.55. The number of carbonyl (C=O) groups excluding carboxylic acids is 1. The van der Waals surface area contributed by atoms with Crippen LogP contribution in [0.15, 0.2) is 36.5 Å². The molecule has 7 nitrogen and oxygen atoms in total. The quantitative estimate of drug-likeness (QED) is 0.546. The van der Waals surface area contributed by atoms with E-state index in [-0.39, 0.29) is 30.7 Å². The van der Waals surface area contributed by atoms with Crippen molar-refractivity contribution in [3.05, 3.63) is 64.5 Å². The number of anilines is 1. The van der Waals surface area contributed by atoms with Gasteiger partial charge in [0.05, 0.1) is 48.2 Å². The van der Waals surface area contributed by atoms with Crippen molar-refractivity contribution in [1.29, 1.82) is 0 Å². The van der Waals surface area contributed by atoms with Crippen LogP contribution in [0.5, 0.6) is 0 Å². The van der Waals surface area contributed by atoms with E-state index in [1.54, 1.807) is 23.1 Å². The zero-order valence-corrected chi connectivity index (χ0v) is 19.3. The molecule has 10 heteroatoms. The Bertz CT molecular complexity index is 1280. The van der Waals surface area contributed by atoms with Gasteiger partial charge >= 0.3 is 6.18 Å². The number of amides is 1. The van der Waals surface area contributed by atoms with E-state index >= 15 is 0 Å². The van der Waals surface area contributed by atoms with Crippen LogP contribution in [0, 0.1) is 0 Å². The Morgan fingerprint density at radius 2 is 2.09 bits per heavy atom. The first kappa shape index (κ1) is 23.5. The first-order valence-corrected chi connectivity index (χ1v) is 11.5. The first-order valence-electron chi connectivity index (χ1n) is 11.5. The number of carbonyl (C=O) groups is 1. The van der Waals surface area contributed by atoms with Crippen LogP contribution in [-0.4, -0.2) is 39.5 Å². The number of aromatic nitrogens is 2. The van der Waals surface area contributed by atoms with Gasteiger partial charge < -0.3 is 20.1 Å². The van der Waals surface area contributed by atoms with Crippen molar-refractivity contribution < 1.29 is 27.4 Å². The van der Waals surface area contributed by atoms with Crippen LogP contribution in [0.3, 0.4) is 0 Å². The van der Waals surface area contributed by atoms with Crippen molar-refractivity contribution in [3.63, 3.8) is 0 Å². The van der Waals surface area contributed by atoms with Gasteiger partial charge in [0.25, 0.3) is 5.91 Å². The van der Waals surface area contributed by atoms with Crippen molar-refractivity contribution in [2.75, 3.05) is 12.3 Å². The Kier molecular flexibility index (Phi) is 5.88. The lowest BCUT2D eigenvalue weighted by molar-refractivity contribution is -0.137. The molecule has 1 saturated carbocycles. The lowest BCUT2D eigenvalue weighted by Crippen LogP contribution is -2.35. The van der Waals surface area contributed by atoms with Crippen LogP contribution in [0.2, 0.25) is 0 Å². The van der Waals surface area contributed by atoms with Crippen molar-refractivity contribution in [2.45, 2.75) is 57.8 Å². The average molecular weight is 486 g/mol. The highest BCUT2D eigenvalue weighted by molar-refractivity contribution is 5.99. The van der Waals surface area contributed by atoms with E-state index in [4.69, 9.17) is 15.2 Å². The molecule has 0 radical (unpaired) electrons. The topological polar surface area (TPSA) is 90.6 Å². The second-order valence-corrected chi connectivity index (χ2v) is 8.84. The van der Waals surface area contributed by atoms with Crippen LogP contribution in [0.25, 0.3) is 10.9 Å². The SMILES string of the molecule is CCO[C@@H]1C[C@@H]1N(Cc1ccc(C(F)(F)F)cn1)C(=O)c1ccc2nc(N)c3c(c2c1)CO[C@H]3C. The minimum atomic E-state index is -4.47. The molecule has 0 saturated heterocycles. The number of fused-ring (bicyclic) bond motifs is 3. The molecule has 1 aromatic carbocycles. The van der Waals surface area contributed by atoms with E-state index in [1.807, 2.05) is 13.8 Å². The molecule has 2 aliphatic rings. The van der Waals surface area contributed by atoms with Gasteiger partial charge in [-0.05, 0) is 56.2 Å². The summed E-state index contributed by atoms with van der Waals surface area (Å²) in [6.45, 7) is 4.75. The van der Waals surface area contributed by atoms with Gasteiger partial charge in [-0.25, -0.2) is 4.98 Å². The second-order valence-electron chi connectivity index (χ2n) is 8.84. The lowest BCUT2D eigenvalue weighted by atomic mass is 10.00. The van der Waals surface area contributed by atoms with E-state index in [1.165, 1.54) is 6.07 Å². The van der Waals surface area contributed by atoms with Crippen molar-refractivity contribution >= 4 is 22.6 Å².